The molecule has 0 saturated carbocycles. The zero-order valence-corrected chi connectivity index (χ0v) is 11.2. The number of carboxylic acid groups (broad SMARTS) is 1. The molecule has 1 atom stereocenters. The van der Waals surface area contributed by atoms with Crippen LogP contribution >= 0.6 is 0 Å². The number of amides is 1. The second-order valence-corrected chi connectivity index (χ2v) is 4.16. The van der Waals surface area contributed by atoms with Gasteiger partial charge in [0.1, 0.15) is 11.8 Å². The molecule has 2 N–H and O–H groups in total. The fraction of sp³-hybridized carbons (Fsp3) is 0.429. The number of carbonyl (C=O) groups is 2. The van der Waals surface area contributed by atoms with E-state index in [4.69, 9.17) is 9.84 Å². The van der Waals surface area contributed by atoms with Crippen molar-refractivity contribution < 1.29 is 19.4 Å². The molecule has 104 valence electrons. The maximum atomic E-state index is 11.5. The van der Waals surface area contributed by atoms with Gasteiger partial charge in [-0.05, 0) is 30.5 Å². The summed E-state index contributed by atoms with van der Waals surface area (Å²) in [4.78, 5) is 22.3. The quantitative estimate of drug-likeness (QED) is 0.785. The third-order valence-corrected chi connectivity index (χ3v) is 2.72. The van der Waals surface area contributed by atoms with Gasteiger partial charge in [-0.2, -0.15) is 0 Å². The smallest absolute Gasteiger partial charge is 0.326 e. The summed E-state index contributed by atoms with van der Waals surface area (Å²) < 4.78 is 5.33. The summed E-state index contributed by atoms with van der Waals surface area (Å²) in [5, 5.41) is 11.2. The molecule has 19 heavy (non-hydrogen) atoms. The Balaban J connectivity index is 2.47. The molecule has 0 fully saturated rings. The van der Waals surface area contributed by atoms with Crippen LogP contribution < -0.4 is 10.1 Å². The highest BCUT2D eigenvalue weighted by molar-refractivity contribution is 5.84. The lowest BCUT2D eigenvalue weighted by Crippen LogP contribution is -2.42. The number of aliphatic carboxylic acids is 1. The van der Waals surface area contributed by atoms with Crippen LogP contribution in [-0.4, -0.2) is 29.6 Å². The lowest BCUT2D eigenvalue weighted by molar-refractivity contribution is -0.142. The fourth-order valence-electron chi connectivity index (χ4n) is 1.58. The van der Waals surface area contributed by atoms with Gasteiger partial charge in [0.15, 0.2) is 6.61 Å². The molecular formula is C14H19NO4. The van der Waals surface area contributed by atoms with Crippen molar-refractivity contribution in [2.24, 2.45) is 0 Å². The van der Waals surface area contributed by atoms with E-state index < -0.39 is 17.9 Å². The van der Waals surface area contributed by atoms with Crippen LogP contribution in [0.5, 0.6) is 5.75 Å². The molecule has 0 aliphatic rings. The summed E-state index contributed by atoms with van der Waals surface area (Å²) in [5.74, 6) is -0.863. The monoisotopic (exact) mass is 265 g/mol. The molecule has 0 heterocycles. The maximum absolute atomic E-state index is 11.5. The van der Waals surface area contributed by atoms with Gasteiger partial charge in [-0.15, -0.1) is 0 Å². The van der Waals surface area contributed by atoms with Gasteiger partial charge in [-0.25, -0.2) is 4.79 Å². The molecule has 5 heteroatoms. The standard InChI is InChI=1S/C14H19NO4/c1-3-10-6-5-7-11(8-10)19-9-13(16)15-12(4-2)14(17)18/h5-8,12H,3-4,9H2,1-2H3,(H,15,16)(H,17,18). The molecule has 1 rings (SSSR count). The van der Waals surface area contributed by atoms with Gasteiger partial charge in [0.05, 0.1) is 0 Å². The van der Waals surface area contributed by atoms with E-state index in [0.29, 0.717) is 12.2 Å². The first-order chi connectivity index (χ1) is 9.06. The van der Waals surface area contributed by atoms with Crippen molar-refractivity contribution in [3.05, 3.63) is 29.8 Å². The second-order valence-electron chi connectivity index (χ2n) is 4.16. The predicted octanol–water partition coefficient (Wildman–Crippen LogP) is 1.61. The number of benzene rings is 1. The Kier molecular flexibility index (Phi) is 5.85. The molecular weight excluding hydrogens is 246 g/mol. The van der Waals surface area contributed by atoms with E-state index in [1.165, 1.54) is 0 Å². The van der Waals surface area contributed by atoms with E-state index in [2.05, 4.69) is 5.32 Å². The summed E-state index contributed by atoms with van der Waals surface area (Å²) in [6.45, 7) is 3.55. The van der Waals surface area contributed by atoms with Gasteiger partial charge < -0.3 is 15.2 Å². The van der Waals surface area contributed by atoms with Crippen molar-refractivity contribution in [3.63, 3.8) is 0 Å². The zero-order chi connectivity index (χ0) is 14.3. The number of hydrogen-bond donors (Lipinski definition) is 2. The SMILES string of the molecule is CCc1cccc(OCC(=O)NC(CC)C(=O)O)c1. The van der Waals surface area contributed by atoms with E-state index in [1.54, 1.807) is 13.0 Å². The molecule has 1 unspecified atom stereocenters. The van der Waals surface area contributed by atoms with Crippen LogP contribution in [0.2, 0.25) is 0 Å². The fourth-order valence-corrected chi connectivity index (χ4v) is 1.58. The van der Waals surface area contributed by atoms with Gasteiger partial charge in [-0.3, -0.25) is 4.79 Å². The highest BCUT2D eigenvalue weighted by Crippen LogP contribution is 2.13. The van der Waals surface area contributed by atoms with Gasteiger partial charge in [0.25, 0.3) is 5.91 Å². The van der Waals surface area contributed by atoms with Gasteiger partial charge in [0, 0.05) is 0 Å². The van der Waals surface area contributed by atoms with E-state index in [1.807, 2.05) is 25.1 Å². The molecule has 0 aromatic heterocycles. The first kappa shape index (κ1) is 15.0. The number of hydrogen-bond acceptors (Lipinski definition) is 3. The topological polar surface area (TPSA) is 75.6 Å². The van der Waals surface area contributed by atoms with Crippen molar-refractivity contribution in [1.29, 1.82) is 0 Å². The summed E-state index contributed by atoms with van der Waals surface area (Å²) in [5.41, 5.74) is 1.12. The summed E-state index contributed by atoms with van der Waals surface area (Å²) in [7, 11) is 0. The van der Waals surface area contributed by atoms with Crippen molar-refractivity contribution in [1.82, 2.24) is 5.32 Å². The van der Waals surface area contributed by atoms with E-state index >= 15 is 0 Å². The van der Waals surface area contributed by atoms with Crippen LogP contribution in [-0.2, 0) is 16.0 Å². The van der Waals surface area contributed by atoms with Crippen LogP contribution in [0.15, 0.2) is 24.3 Å². The van der Waals surface area contributed by atoms with Crippen molar-refractivity contribution in [3.8, 4) is 5.75 Å². The Morgan fingerprint density at radius 2 is 2.11 bits per heavy atom. The molecule has 0 saturated heterocycles. The first-order valence-corrected chi connectivity index (χ1v) is 6.30. The third-order valence-electron chi connectivity index (χ3n) is 2.72. The second kappa shape index (κ2) is 7.41. The Morgan fingerprint density at radius 1 is 1.37 bits per heavy atom. The number of aryl methyl sites for hydroxylation is 1. The first-order valence-electron chi connectivity index (χ1n) is 6.30. The maximum Gasteiger partial charge on any atom is 0.326 e. The molecule has 0 radical (unpaired) electrons. The van der Waals surface area contributed by atoms with E-state index in [-0.39, 0.29) is 6.61 Å². The minimum Gasteiger partial charge on any atom is -0.484 e. The van der Waals surface area contributed by atoms with Gasteiger partial charge in [0.2, 0.25) is 0 Å². The van der Waals surface area contributed by atoms with Crippen LogP contribution in [0.4, 0.5) is 0 Å². The highest BCUT2D eigenvalue weighted by Gasteiger charge is 2.17. The van der Waals surface area contributed by atoms with Crippen LogP contribution in [0.3, 0.4) is 0 Å². The van der Waals surface area contributed by atoms with Crippen LogP contribution in [0.25, 0.3) is 0 Å². The lowest BCUT2D eigenvalue weighted by Gasteiger charge is -2.13. The molecule has 0 spiro atoms. The minimum atomic E-state index is -1.04. The summed E-state index contributed by atoms with van der Waals surface area (Å²) in [6, 6.07) is 6.60. The van der Waals surface area contributed by atoms with Crippen LogP contribution in [0, 0.1) is 0 Å². The van der Waals surface area contributed by atoms with Gasteiger partial charge >= 0.3 is 5.97 Å². The Morgan fingerprint density at radius 3 is 2.68 bits per heavy atom. The van der Waals surface area contributed by atoms with Crippen LogP contribution in [0.1, 0.15) is 25.8 Å². The number of ether oxygens (including phenoxy) is 1. The third kappa shape index (κ3) is 4.99. The average molecular weight is 265 g/mol. The normalized spacial score (nSPS) is 11.7. The molecule has 1 amide bonds. The van der Waals surface area contributed by atoms with Crippen molar-refractivity contribution >= 4 is 11.9 Å². The lowest BCUT2D eigenvalue weighted by atomic mass is 10.2. The molecule has 1 aromatic rings. The molecule has 5 nitrogen and oxygen atoms in total. The highest BCUT2D eigenvalue weighted by atomic mass is 16.5. The largest absolute Gasteiger partial charge is 0.484 e. The van der Waals surface area contributed by atoms with Crippen molar-refractivity contribution in [2.45, 2.75) is 32.7 Å². The van der Waals surface area contributed by atoms with Crippen molar-refractivity contribution in [2.75, 3.05) is 6.61 Å². The minimum absolute atomic E-state index is 0.184. The molecule has 0 aliphatic carbocycles. The summed E-state index contributed by atoms with van der Waals surface area (Å²) in [6.07, 6.45) is 1.23. The molecule has 1 aromatic carbocycles. The number of rotatable bonds is 7. The number of carboxylic acids is 1. The molecule has 0 bridgehead atoms. The average Bonchev–Trinajstić information content (AvgIpc) is 2.42. The predicted molar refractivity (Wildman–Crippen MR) is 71.2 cm³/mol. The zero-order valence-electron chi connectivity index (χ0n) is 11.2. The Hall–Kier alpha value is -2.04. The molecule has 0 aliphatic heterocycles. The van der Waals surface area contributed by atoms with E-state index in [0.717, 1.165) is 12.0 Å². The Bertz CT molecular complexity index is 445. The summed E-state index contributed by atoms with van der Waals surface area (Å²) >= 11 is 0. The Labute approximate surface area is 112 Å². The number of nitrogens with one attached hydrogen (secondary N) is 1. The van der Waals surface area contributed by atoms with E-state index in [9.17, 15) is 9.59 Å². The van der Waals surface area contributed by atoms with Gasteiger partial charge in [-0.1, -0.05) is 26.0 Å². The number of carbonyl (C=O) groups excluding carboxylic acids is 1.